The van der Waals surface area contributed by atoms with Gasteiger partial charge in [-0.2, -0.15) is 0 Å². The first-order valence-electron chi connectivity index (χ1n) is 11.9. The first-order valence-corrected chi connectivity index (χ1v) is 12.7. The maximum Gasteiger partial charge on any atom is 0.163 e. The molecule has 0 spiro atoms. The third-order valence-electron chi connectivity index (χ3n) is 7.52. The molecule has 0 bridgehead atoms. The molecule has 192 valence electrons. The lowest BCUT2D eigenvalue weighted by Crippen LogP contribution is -2.37. The first-order chi connectivity index (χ1) is 17.6. The van der Waals surface area contributed by atoms with Crippen molar-refractivity contribution in [2.24, 2.45) is 5.41 Å². The molecule has 1 aliphatic heterocycles. The topological polar surface area (TPSA) is 105 Å². The average molecular weight is 544 g/mol. The standard InChI is InChI=1S/C26H24Cl2FN5O3/c1-25(2)36-20-19(34-6-4-14-22(28)31-12-32-24(14)34)10-26(11-35,21(20)37-25)5-3-13-7-17(29)15-9-16(27)23(30)33-18(15)8-13/h4,6-9,11-12,19-21H,3,5,10H2,1-2H3,(H2,30,33)/t19-,20+,21+,26+/m1/s1. The van der Waals surface area contributed by atoms with E-state index in [2.05, 4.69) is 15.0 Å². The van der Waals surface area contributed by atoms with Crippen molar-refractivity contribution < 1.29 is 18.7 Å². The average Bonchev–Trinajstić information content (AvgIpc) is 3.50. The van der Waals surface area contributed by atoms with E-state index in [0.717, 1.165) is 11.7 Å². The van der Waals surface area contributed by atoms with Gasteiger partial charge in [0.2, 0.25) is 0 Å². The van der Waals surface area contributed by atoms with Crippen molar-refractivity contribution in [3.8, 4) is 0 Å². The van der Waals surface area contributed by atoms with Crippen molar-refractivity contribution in [1.82, 2.24) is 19.5 Å². The molecular formula is C26H24Cl2FN5O3. The molecule has 0 radical (unpaired) electrons. The molecule has 2 N–H and O–H groups in total. The molecule has 4 atom stereocenters. The summed E-state index contributed by atoms with van der Waals surface area (Å²) in [7, 11) is 0. The van der Waals surface area contributed by atoms with Crippen LogP contribution in [0.5, 0.6) is 0 Å². The molecule has 1 aliphatic carbocycles. The SMILES string of the molecule is CC1(C)O[C@H]2[C@H](n3ccc4c(Cl)ncnc43)C[C@](C=O)(CCc3cc(F)c4cc(Cl)c(N)nc4c3)[C@H]2O1. The Hall–Kier alpha value is -2.85. The van der Waals surface area contributed by atoms with Crippen LogP contribution in [0.4, 0.5) is 10.2 Å². The summed E-state index contributed by atoms with van der Waals surface area (Å²) in [6.07, 6.45) is 4.72. The Morgan fingerprint density at radius 3 is 2.81 bits per heavy atom. The minimum Gasteiger partial charge on any atom is -0.382 e. The van der Waals surface area contributed by atoms with Crippen molar-refractivity contribution in [3.05, 3.63) is 58.3 Å². The van der Waals surface area contributed by atoms with Crippen LogP contribution in [0.2, 0.25) is 10.2 Å². The minimum atomic E-state index is -0.867. The molecule has 1 aromatic carbocycles. The Morgan fingerprint density at radius 2 is 2.03 bits per heavy atom. The summed E-state index contributed by atoms with van der Waals surface area (Å²) in [5.74, 6) is -1.17. The minimum absolute atomic E-state index is 0.137. The van der Waals surface area contributed by atoms with E-state index in [9.17, 15) is 9.18 Å². The molecule has 8 nitrogen and oxygen atoms in total. The number of aromatic nitrogens is 4. The molecule has 1 saturated carbocycles. The number of aryl methyl sites for hydroxylation is 1. The van der Waals surface area contributed by atoms with Gasteiger partial charge in [0.25, 0.3) is 0 Å². The fourth-order valence-corrected chi connectivity index (χ4v) is 6.16. The molecule has 0 unspecified atom stereocenters. The van der Waals surface area contributed by atoms with Crippen LogP contribution >= 0.6 is 23.2 Å². The van der Waals surface area contributed by atoms with E-state index in [0.29, 0.717) is 46.5 Å². The van der Waals surface area contributed by atoms with Crippen LogP contribution in [-0.2, 0) is 20.7 Å². The number of carbonyl (C=O) groups excluding carboxylic acids is 1. The van der Waals surface area contributed by atoms with E-state index in [1.165, 1.54) is 18.5 Å². The van der Waals surface area contributed by atoms with Crippen LogP contribution in [0.15, 0.2) is 36.8 Å². The highest BCUT2D eigenvalue weighted by Crippen LogP contribution is 2.55. The third kappa shape index (κ3) is 3.96. The van der Waals surface area contributed by atoms with Gasteiger partial charge in [-0.15, -0.1) is 0 Å². The van der Waals surface area contributed by atoms with Gasteiger partial charge >= 0.3 is 0 Å². The molecule has 4 aromatic rings. The lowest BCUT2D eigenvalue weighted by molar-refractivity contribution is -0.170. The molecule has 11 heteroatoms. The summed E-state index contributed by atoms with van der Waals surface area (Å²) in [5.41, 5.74) is 6.74. The summed E-state index contributed by atoms with van der Waals surface area (Å²) in [4.78, 5) is 25.5. The number of nitrogens with two attached hydrogens (primary N) is 1. The first kappa shape index (κ1) is 24.5. The number of pyridine rings is 1. The maximum atomic E-state index is 14.9. The largest absolute Gasteiger partial charge is 0.382 e. The van der Waals surface area contributed by atoms with Crippen LogP contribution in [0.3, 0.4) is 0 Å². The number of aldehydes is 1. The number of hydrogen-bond acceptors (Lipinski definition) is 7. The van der Waals surface area contributed by atoms with Crippen molar-refractivity contribution in [1.29, 1.82) is 0 Å². The fraction of sp³-hybridized carbons (Fsp3) is 0.385. The third-order valence-corrected chi connectivity index (χ3v) is 8.12. The number of fused-ring (bicyclic) bond motifs is 3. The molecule has 4 heterocycles. The van der Waals surface area contributed by atoms with Gasteiger partial charge in [0.15, 0.2) is 5.79 Å². The van der Waals surface area contributed by atoms with Gasteiger partial charge in [0, 0.05) is 11.6 Å². The molecule has 1 saturated heterocycles. The Kier molecular flexibility index (Phi) is 5.69. The molecular weight excluding hydrogens is 520 g/mol. The van der Waals surface area contributed by atoms with Crippen LogP contribution in [0.1, 0.15) is 38.3 Å². The van der Waals surface area contributed by atoms with Gasteiger partial charge in [-0.05, 0) is 62.9 Å². The quantitative estimate of drug-likeness (QED) is 0.269. The summed E-state index contributed by atoms with van der Waals surface area (Å²) < 4.78 is 29.5. The van der Waals surface area contributed by atoms with Gasteiger partial charge in [-0.1, -0.05) is 23.2 Å². The molecule has 2 fully saturated rings. The summed E-state index contributed by atoms with van der Waals surface area (Å²) in [6, 6.07) is 6.34. The predicted octanol–water partition coefficient (Wildman–Crippen LogP) is 5.29. The van der Waals surface area contributed by atoms with Crippen LogP contribution < -0.4 is 5.73 Å². The second-order valence-electron chi connectivity index (χ2n) is 10.3. The zero-order valence-electron chi connectivity index (χ0n) is 20.1. The van der Waals surface area contributed by atoms with Crippen molar-refractivity contribution in [2.45, 2.75) is 57.1 Å². The Bertz CT molecular complexity index is 1560. The van der Waals surface area contributed by atoms with Gasteiger partial charge in [0.05, 0.1) is 27.4 Å². The Balaban J connectivity index is 1.35. The number of nitrogens with zero attached hydrogens (tertiary/aromatic N) is 4. The highest BCUT2D eigenvalue weighted by Gasteiger charge is 2.61. The second-order valence-corrected chi connectivity index (χ2v) is 11.0. The number of halogens is 3. The monoisotopic (exact) mass is 543 g/mol. The van der Waals surface area contributed by atoms with Gasteiger partial charge in [-0.25, -0.2) is 19.3 Å². The Morgan fingerprint density at radius 1 is 1.22 bits per heavy atom. The van der Waals surface area contributed by atoms with E-state index in [1.54, 1.807) is 6.07 Å². The molecule has 6 rings (SSSR count). The summed E-state index contributed by atoms with van der Waals surface area (Å²) >= 11 is 12.3. The van der Waals surface area contributed by atoms with Gasteiger partial charge in [0.1, 0.15) is 47.3 Å². The number of ether oxygens (including phenoxy) is 2. The van der Waals surface area contributed by atoms with Crippen LogP contribution in [0, 0.1) is 11.2 Å². The van der Waals surface area contributed by atoms with E-state index in [1.807, 2.05) is 30.7 Å². The summed E-state index contributed by atoms with van der Waals surface area (Å²) in [6.45, 7) is 3.68. The maximum absolute atomic E-state index is 14.9. The van der Waals surface area contributed by atoms with Crippen molar-refractivity contribution >= 4 is 57.2 Å². The van der Waals surface area contributed by atoms with E-state index >= 15 is 0 Å². The lowest BCUT2D eigenvalue weighted by Gasteiger charge is -2.30. The van der Waals surface area contributed by atoms with Crippen molar-refractivity contribution in [2.75, 3.05) is 5.73 Å². The highest BCUT2D eigenvalue weighted by atomic mass is 35.5. The Labute approximate surface area is 221 Å². The fourth-order valence-electron chi connectivity index (χ4n) is 5.82. The molecule has 2 aliphatic rings. The number of carbonyl (C=O) groups is 1. The highest BCUT2D eigenvalue weighted by molar-refractivity contribution is 6.34. The second kappa shape index (κ2) is 8.59. The smallest absolute Gasteiger partial charge is 0.163 e. The van der Waals surface area contributed by atoms with Crippen LogP contribution in [-0.4, -0.2) is 43.8 Å². The number of anilines is 1. The number of hydrogen-bond donors (Lipinski definition) is 1. The van der Waals surface area contributed by atoms with Crippen LogP contribution in [0.25, 0.3) is 21.9 Å². The van der Waals surface area contributed by atoms with Gasteiger partial charge in [-0.3, -0.25) is 0 Å². The number of rotatable bonds is 5. The molecule has 3 aromatic heterocycles. The van der Waals surface area contributed by atoms with Crippen molar-refractivity contribution in [3.63, 3.8) is 0 Å². The lowest BCUT2D eigenvalue weighted by atomic mass is 9.79. The predicted molar refractivity (Wildman–Crippen MR) is 138 cm³/mol. The van der Waals surface area contributed by atoms with Gasteiger partial charge < -0.3 is 24.6 Å². The number of nitrogen functional groups attached to an aromatic ring is 1. The van der Waals surface area contributed by atoms with E-state index in [4.69, 9.17) is 38.4 Å². The van der Waals surface area contributed by atoms with E-state index < -0.39 is 23.1 Å². The zero-order valence-corrected chi connectivity index (χ0v) is 21.6. The number of benzene rings is 1. The molecule has 0 amide bonds. The molecule has 37 heavy (non-hydrogen) atoms. The summed E-state index contributed by atoms with van der Waals surface area (Å²) in [5, 5.41) is 1.58. The van der Waals surface area contributed by atoms with E-state index in [-0.39, 0.29) is 23.0 Å². The zero-order chi connectivity index (χ0) is 26.1. The normalized spacial score (nSPS) is 26.7.